The molecule has 4 heterocycles. The fraction of sp³-hybridized carbons (Fsp3) is 0.333. The van der Waals surface area contributed by atoms with Crippen molar-refractivity contribution in [1.29, 1.82) is 0 Å². The number of thiazole rings is 1. The molecule has 3 atom stereocenters. The quantitative estimate of drug-likeness (QED) is 0.238. The standard InChI is InChI=1S/C27H24N4O8S2/c1-38-18-5-3-2-4-17(18)20-21-22(25(34)30(24(21)33)15-6-8-16(9-7-15)31(36)37)40-26-23(20)41-27(35)29(26)14-19(32)28-10-12-39-13-11-28/h2-9,20-22H,10-14H2,1H3/t20-,21?,22?/m1/s1. The molecule has 2 fully saturated rings. The number of amides is 3. The number of non-ortho nitro benzene ring substituents is 1. The Labute approximate surface area is 241 Å². The number of thioether (sulfide) groups is 1. The molecule has 3 aliphatic heterocycles. The lowest BCUT2D eigenvalue weighted by atomic mass is 9.82. The van der Waals surface area contributed by atoms with Crippen LogP contribution in [-0.4, -0.2) is 70.8 Å². The fourth-order valence-corrected chi connectivity index (χ4v) is 8.30. The summed E-state index contributed by atoms with van der Waals surface area (Å²) in [5.74, 6) is -2.25. The Morgan fingerprint density at radius 3 is 2.46 bits per heavy atom. The fourth-order valence-electron chi connectivity index (χ4n) is 5.54. The molecule has 0 radical (unpaired) electrons. The smallest absolute Gasteiger partial charge is 0.308 e. The molecule has 6 rings (SSSR count). The number of hydrogen-bond donors (Lipinski definition) is 0. The van der Waals surface area contributed by atoms with E-state index < -0.39 is 33.8 Å². The Hall–Kier alpha value is -4.01. The minimum absolute atomic E-state index is 0.164. The van der Waals surface area contributed by atoms with Gasteiger partial charge >= 0.3 is 4.87 Å². The van der Waals surface area contributed by atoms with Crippen LogP contribution in [0.25, 0.3) is 0 Å². The Morgan fingerprint density at radius 2 is 1.78 bits per heavy atom. The van der Waals surface area contributed by atoms with Gasteiger partial charge in [-0.2, -0.15) is 0 Å². The molecule has 3 aromatic rings. The number of carbonyl (C=O) groups excluding carboxylic acids is 3. The molecule has 0 N–H and O–H groups in total. The van der Waals surface area contributed by atoms with Crippen molar-refractivity contribution in [2.45, 2.75) is 22.7 Å². The molecule has 1 aromatic heterocycles. The Morgan fingerprint density at radius 1 is 1.07 bits per heavy atom. The van der Waals surface area contributed by atoms with Crippen molar-refractivity contribution in [2.75, 3.05) is 38.3 Å². The van der Waals surface area contributed by atoms with Crippen molar-refractivity contribution in [3.05, 3.63) is 78.8 Å². The van der Waals surface area contributed by atoms with Gasteiger partial charge in [0.05, 0.1) is 41.9 Å². The molecule has 2 aromatic carbocycles. The monoisotopic (exact) mass is 596 g/mol. The highest BCUT2D eigenvalue weighted by Crippen LogP contribution is 2.55. The minimum atomic E-state index is -0.890. The predicted octanol–water partition coefficient (Wildman–Crippen LogP) is 2.48. The van der Waals surface area contributed by atoms with Gasteiger partial charge in [-0.25, -0.2) is 4.90 Å². The lowest BCUT2D eigenvalue weighted by Gasteiger charge is -2.32. The molecule has 3 aliphatic rings. The summed E-state index contributed by atoms with van der Waals surface area (Å²) in [5.41, 5.74) is 0.705. The number of anilines is 1. The van der Waals surface area contributed by atoms with Crippen LogP contribution in [0.15, 0.2) is 58.4 Å². The molecule has 41 heavy (non-hydrogen) atoms. The number of nitro benzene ring substituents is 1. The third-order valence-electron chi connectivity index (χ3n) is 7.50. The molecule has 2 saturated heterocycles. The lowest BCUT2D eigenvalue weighted by molar-refractivity contribution is -0.384. The third kappa shape index (κ3) is 4.61. The van der Waals surface area contributed by atoms with Gasteiger partial charge in [0, 0.05) is 41.6 Å². The number of carbonyl (C=O) groups is 3. The summed E-state index contributed by atoms with van der Waals surface area (Å²) in [6, 6.07) is 12.4. The average molecular weight is 597 g/mol. The van der Waals surface area contributed by atoms with Crippen molar-refractivity contribution in [1.82, 2.24) is 9.47 Å². The lowest BCUT2D eigenvalue weighted by Crippen LogP contribution is -2.43. The van der Waals surface area contributed by atoms with Gasteiger partial charge in [0.1, 0.15) is 17.5 Å². The van der Waals surface area contributed by atoms with Crippen molar-refractivity contribution >= 4 is 52.2 Å². The molecule has 0 saturated carbocycles. The Balaban J connectivity index is 1.44. The van der Waals surface area contributed by atoms with Gasteiger partial charge in [0.15, 0.2) is 0 Å². The van der Waals surface area contributed by atoms with E-state index in [-0.39, 0.29) is 28.7 Å². The van der Waals surface area contributed by atoms with Gasteiger partial charge in [0.2, 0.25) is 17.7 Å². The number of morpholine rings is 1. The maximum atomic E-state index is 14.0. The van der Waals surface area contributed by atoms with E-state index in [1.54, 1.807) is 29.2 Å². The number of ether oxygens (including phenoxy) is 2. The molecule has 0 aliphatic carbocycles. The second-order valence-corrected chi connectivity index (χ2v) is 11.8. The van der Waals surface area contributed by atoms with Crippen LogP contribution in [0.4, 0.5) is 11.4 Å². The van der Waals surface area contributed by atoms with Crippen LogP contribution in [0.3, 0.4) is 0 Å². The topological polar surface area (TPSA) is 141 Å². The number of para-hydroxylation sites is 1. The van der Waals surface area contributed by atoms with Gasteiger partial charge in [-0.05, 0) is 18.2 Å². The molecular formula is C27H24N4O8S2. The van der Waals surface area contributed by atoms with Crippen molar-refractivity contribution in [2.24, 2.45) is 5.92 Å². The van der Waals surface area contributed by atoms with Crippen molar-refractivity contribution in [3.8, 4) is 5.75 Å². The van der Waals surface area contributed by atoms with Gasteiger partial charge < -0.3 is 14.4 Å². The largest absolute Gasteiger partial charge is 0.496 e. The van der Waals surface area contributed by atoms with E-state index in [9.17, 15) is 29.3 Å². The number of nitrogens with zero attached hydrogens (tertiary/aromatic N) is 4. The SMILES string of the molecule is COc1ccccc1[C@H]1c2sc(=O)n(CC(=O)N3CCOCC3)c2SC2C(=O)N(c3ccc([N+](=O)[O-])cc3)C(=O)C21. The molecule has 0 bridgehead atoms. The zero-order chi connectivity index (χ0) is 28.8. The summed E-state index contributed by atoms with van der Waals surface area (Å²) in [6.45, 7) is 1.51. The molecule has 12 nitrogen and oxygen atoms in total. The molecule has 3 amide bonds. The van der Waals surface area contributed by atoms with E-state index >= 15 is 0 Å². The Kier molecular flexibility index (Phi) is 7.13. The third-order valence-corrected chi connectivity index (χ3v) is 10.1. The summed E-state index contributed by atoms with van der Waals surface area (Å²) >= 11 is 2.07. The first kappa shape index (κ1) is 27.2. The van der Waals surface area contributed by atoms with Crippen LogP contribution in [0.1, 0.15) is 16.4 Å². The van der Waals surface area contributed by atoms with Crippen LogP contribution in [-0.2, 0) is 25.7 Å². The van der Waals surface area contributed by atoms with Gasteiger partial charge in [0.25, 0.3) is 5.69 Å². The molecule has 212 valence electrons. The zero-order valence-corrected chi connectivity index (χ0v) is 23.4. The summed E-state index contributed by atoms with van der Waals surface area (Å²) < 4.78 is 12.3. The normalized spacial score (nSPS) is 21.9. The number of rotatable bonds is 6. The summed E-state index contributed by atoms with van der Waals surface area (Å²) in [4.78, 5) is 67.8. The zero-order valence-electron chi connectivity index (χ0n) is 21.8. The number of nitro groups is 1. The molecule has 14 heteroatoms. The molecule has 0 spiro atoms. The van der Waals surface area contributed by atoms with Crippen LogP contribution < -0.4 is 14.5 Å². The van der Waals surface area contributed by atoms with Gasteiger partial charge in [-0.3, -0.25) is 33.9 Å². The second-order valence-electron chi connectivity index (χ2n) is 9.69. The van der Waals surface area contributed by atoms with Crippen LogP contribution >= 0.6 is 23.1 Å². The number of methoxy groups -OCH3 is 1. The predicted molar refractivity (Wildman–Crippen MR) is 150 cm³/mol. The van der Waals surface area contributed by atoms with Gasteiger partial charge in [-0.15, -0.1) is 0 Å². The highest BCUT2D eigenvalue weighted by atomic mass is 32.2. The van der Waals surface area contributed by atoms with Crippen LogP contribution in [0.5, 0.6) is 5.75 Å². The molecule has 2 unspecified atom stereocenters. The van der Waals surface area contributed by atoms with Crippen molar-refractivity contribution < 1.29 is 28.8 Å². The summed E-state index contributed by atoms with van der Waals surface area (Å²) in [6.07, 6.45) is 0. The number of benzene rings is 2. The first-order chi connectivity index (χ1) is 19.8. The highest BCUT2D eigenvalue weighted by Gasteiger charge is 2.57. The second kappa shape index (κ2) is 10.8. The summed E-state index contributed by atoms with van der Waals surface area (Å²) in [7, 11) is 1.51. The average Bonchev–Trinajstić information content (AvgIpc) is 3.43. The van der Waals surface area contributed by atoms with E-state index in [1.807, 2.05) is 0 Å². The van der Waals surface area contributed by atoms with E-state index in [4.69, 9.17) is 9.47 Å². The first-order valence-corrected chi connectivity index (χ1v) is 14.5. The van der Waals surface area contributed by atoms with Crippen LogP contribution in [0, 0.1) is 16.0 Å². The number of aromatic nitrogens is 1. The highest BCUT2D eigenvalue weighted by molar-refractivity contribution is 8.00. The Bertz CT molecular complexity index is 1610. The minimum Gasteiger partial charge on any atom is -0.496 e. The molecular weight excluding hydrogens is 572 g/mol. The maximum Gasteiger partial charge on any atom is 0.308 e. The van der Waals surface area contributed by atoms with Crippen LogP contribution in [0.2, 0.25) is 0 Å². The van der Waals surface area contributed by atoms with E-state index in [0.717, 1.165) is 28.0 Å². The number of fused-ring (bicyclic) bond motifs is 2. The van der Waals surface area contributed by atoms with Crippen molar-refractivity contribution in [3.63, 3.8) is 0 Å². The number of imide groups is 1. The number of hydrogen-bond acceptors (Lipinski definition) is 10. The first-order valence-electron chi connectivity index (χ1n) is 12.8. The van der Waals surface area contributed by atoms with Gasteiger partial charge in [-0.1, -0.05) is 41.3 Å². The summed E-state index contributed by atoms with van der Waals surface area (Å²) in [5, 5.41) is 10.7. The van der Waals surface area contributed by atoms with E-state index in [2.05, 4.69) is 0 Å². The maximum absolute atomic E-state index is 14.0. The van der Waals surface area contributed by atoms with E-state index in [0.29, 0.717) is 47.5 Å². The van der Waals surface area contributed by atoms with E-state index in [1.165, 1.54) is 35.9 Å².